The number of fused-ring (bicyclic) bond motifs is 1. The highest BCUT2D eigenvalue weighted by molar-refractivity contribution is 14.2. The Labute approximate surface area is 61.9 Å². The van der Waals surface area contributed by atoms with E-state index in [-0.39, 0.29) is 21.0 Å². The lowest BCUT2D eigenvalue weighted by Gasteiger charge is -1.88. The molecule has 0 bridgehead atoms. The van der Waals surface area contributed by atoms with Crippen molar-refractivity contribution in [3.8, 4) is 0 Å². The molecule has 0 amide bonds. The molecule has 2 heterocycles. The maximum Gasteiger partial charge on any atom is 0.186 e. The lowest BCUT2D eigenvalue weighted by molar-refractivity contribution is 0.413. The fourth-order valence-corrected chi connectivity index (χ4v) is 1.90. The van der Waals surface area contributed by atoms with Crippen LogP contribution in [0.25, 0.3) is 6.08 Å². The van der Waals surface area contributed by atoms with E-state index in [2.05, 4.69) is 8.30 Å². The second-order valence-electron chi connectivity index (χ2n) is 1.55. The fraction of sp³-hybridized carbons (Fsp3) is 0. The average Bonchev–Trinajstić information content (AvgIpc) is 2.33. The van der Waals surface area contributed by atoms with Crippen LogP contribution in [0.4, 0.5) is 5.69 Å². The highest BCUT2D eigenvalue weighted by Crippen LogP contribution is 2.29. The number of nitrogens with zero attached hydrogens (tertiary/aromatic N) is 2. The van der Waals surface area contributed by atoms with Crippen molar-refractivity contribution in [2.45, 2.75) is 0 Å². The maximum atomic E-state index is 4.84. The lowest BCUT2D eigenvalue weighted by atomic mass is 10.4. The molecule has 46 valence electrons. The van der Waals surface area contributed by atoms with Gasteiger partial charge in [0.1, 0.15) is 5.69 Å². The summed E-state index contributed by atoms with van der Waals surface area (Å²) in [5.41, 5.74) is 0.908. The number of hydrogen-bond donors (Lipinski definition) is 0. The highest BCUT2D eigenvalue weighted by atomic mass is 127. The van der Waals surface area contributed by atoms with Crippen LogP contribution in [0.5, 0.6) is 0 Å². The van der Waals surface area contributed by atoms with Crippen molar-refractivity contribution in [2.24, 2.45) is 3.15 Å². The van der Waals surface area contributed by atoms with Gasteiger partial charge in [-0.2, -0.15) is 0 Å². The Morgan fingerprint density at radius 1 is 1.56 bits per heavy atom. The van der Waals surface area contributed by atoms with Crippen LogP contribution in [0.1, 0.15) is 5.76 Å². The van der Waals surface area contributed by atoms with Crippen molar-refractivity contribution in [1.82, 2.24) is 5.16 Å². The van der Waals surface area contributed by atoms with Gasteiger partial charge in [0.2, 0.25) is 0 Å². The Bertz CT molecular complexity index is 250. The van der Waals surface area contributed by atoms with Gasteiger partial charge in [-0.25, -0.2) is 3.15 Å². The summed E-state index contributed by atoms with van der Waals surface area (Å²) in [6.07, 6.45) is 3.58. The Morgan fingerprint density at radius 2 is 2.56 bits per heavy atom. The smallest absolute Gasteiger partial charge is 0.186 e. The number of halogens is 1. The van der Waals surface area contributed by atoms with Gasteiger partial charge < -0.3 is 4.52 Å². The van der Waals surface area contributed by atoms with Gasteiger partial charge in [0.05, 0.1) is 6.20 Å². The van der Waals surface area contributed by atoms with Gasteiger partial charge in [0, 0.05) is 21.0 Å². The average molecular weight is 234 g/mol. The van der Waals surface area contributed by atoms with Gasteiger partial charge in [-0.3, -0.25) is 0 Å². The molecule has 9 heavy (non-hydrogen) atoms. The first-order valence-electron chi connectivity index (χ1n) is 2.42. The van der Waals surface area contributed by atoms with Gasteiger partial charge in [0.15, 0.2) is 5.76 Å². The Balaban J connectivity index is 2.68. The SMILES string of the molecule is C1=Cc2oncc2N=I1. The summed E-state index contributed by atoms with van der Waals surface area (Å²) >= 11 is -0.104. The van der Waals surface area contributed by atoms with E-state index in [0.717, 1.165) is 11.4 Å². The molecule has 0 unspecified atom stereocenters. The highest BCUT2D eigenvalue weighted by Gasteiger charge is 2.03. The minimum absolute atomic E-state index is 0.104. The van der Waals surface area contributed by atoms with Crippen LogP contribution in [0.15, 0.2) is 17.9 Å². The topological polar surface area (TPSA) is 38.4 Å². The van der Waals surface area contributed by atoms with Crippen molar-refractivity contribution in [3.63, 3.8) is 0 Å². The minimum atomic E-state index is -0.104. The summed E-state index contributed by atoms with van der Waals surface area (Å²) in [7, 11) is 0. The molecule has 0 N–H and O–H groups in total. The molecule has 3 nitrogen and oxygen atoms in total. The molecule has 1 aromatic rings. The zero-order chi connectivity index (χ0) is 6.10. The molecule has 0 saturated heterocycles. The molecule has 1 aliphatic heterocycles. The first-order valence-corrected chi connectivity index (χ1v) is 4.63. The summed E-state index contributed by atoms with van der Waals surface area (Å²) < 4.78 is 11.1. The van der Waals surface area contributed by atoms with Gasteiger partial charge in [0.25, 0.3) is 0 Å². The molecule has 1 aromatic heterocycles. The van der Waals surface area contributed by atoms with Crippen molar-refractivity contribution in [1.29, 1.82) is 0 Å². The van der Waals surface area contributed by atoms with Crippen molar-refractivity contribution in [2.75, 3.05) is 0 Å². The molecule has 0 saturated carbocycles. The molecule has 0 atom stereocenters. The second-order valence-corrected chi connectivity index (χ2v) is 3.31. The molecule has 0 aromatic carbocycles. The minimum Gasteiger partial charge on any atom is -0.355 e. The van der Waals surface area contributed by atoms with E-state index >= 15 is 0 Å². The van der Waals surface area contributed by atoms with Crippen LogP contribution in [-0.4, -0.2) is 5.16 Å². The van der Waals surface area contributed by atoms with Crippen LogP contribution in [0.3, 0.4) is 0 Å². The van der Waals surface area contributed by atoms with Crippen molar-refractivity contribution in [3.05, 3.63) is 16.0 Å². The van der Waals surface area contributed by atoms with Gasteiger partial charge in [-0.05, 0) is 10.2 Å². The lowest BCUT2D eigenvalue weighted by Crippen LogP contribution is -1.63. The van der Waals surface area contributed by atoms with Crippen LogP contribution in [0.2, 0.25) is 0 Å². The van der Waals surface area contributed by atoms with Crippen LogP contribution in [0, 0.1) is 0 Å². The normalized spacial score (nSPS) is 14.7. The Morgan fingerprint density at radius 3 is 3.44 bits per heavy atom. The third-order valence-electron chi connectivity index (χ3n) is 0.989. The van der Waals surface area contributed by atoms with E-state index in [0.29, 0.717) is 0 Å². The quantitative estimate of drug-likeness (QED) is 0.646. The molecule has 0 aliphatic carbocycles. The zero-order valence-corrected chi connectivity index (χ0v) is 6.57. The summed E-state index contributed by atoms with van der Waals surface area (Å²) in [4.78, 5) is 0. The van der Waals surface area contributed by atoms with Gasteiger partial charge >= 0.3 is 0 Å². The van der Waals surface area contributed by atoms with E-state index in [1.54, 1.807) is 6.20 Å². The second kappa shape index (κ2) is 2.02. The predicted molar refractivity (Wildman–Crippen MR) is 41.6 cm³/mol. The molecular weight excluding hydrogens is 231 g/mol. The van der Waals surface area contributed by atoms with Gasteiger partial charge in [-0.15, -0.1) is 0 Å². The van der Waals surface area contributed by atoms with Crippen molar-refractivity contribution >= 4 is 32.8 Å². The molecular formula is C5H3IN2O. The molecule has 0 fully saturated rings. The third kappa shape index (κ3) is 0.827. The molecule has 1 aliphatic rings. The first-order chi connectivity index (χ1) is 4.47. The zero-order valence-electron chi connectivity index (χ0n) is 4.41. The summed E-state index contributed by atoms with van der Waals surface area (Å²) in [6, 6.07) is 0. The van der Waals surface area contributed by atoms with Crippen LogP contribution in [-0.2, 0) is 0 Å². The standard InChI is InChI=1S/C5H3IN2O/c1-2-6-8-4-3-7-9-5(1)4/h1-3H. The molecule has 0 spiro atoms. The van der Waals surface area contributed by atoms with Gasteiger partial charge in [-0.1, -0.05) is 5.16 Å². The largest absolute Gasteiger partial charge is 0.355 e. The maximum absolute atomic E-state index is 4.84. The number of rotatable bonds is 0. The molecule has 2 rings (SSSR count). The monoisotopic (exact) mass is 234 g/mol. The summed E-state index contributed by atoms with van der Waals surface area (Å²) in [6.45, 7) is 0. The Hall–Kier alpha value is -0.520. The van der Waals surface area contributed by atoms with E-state index < -0.39 is 0 Å². The summed E-state index contributed by atoms with van der Waals surface area (Å²) in [5.74, 6) is 0.793. The third-order valence-corrected chi connectivity index (χ3v) is 2.47. The summed E-state index contributed by atoms with van der Waals surface area (Å²) in [5, 5.41) is 3.60. The number of aromatic nitrogens is 1. The van der Waals surface area contributed by atoms with E-state index in [9.17, 15) is 0 Å². The predicted octanol–water partition coefficient (Wildman–Crippen LogP) is 2.44. The number of hydrogen-bond acceptors (Lipinski definition) is 3. The van der Waals surface area contributed by atoms with E-state index in [4.69, 9.17) is 4.52 Å². The van der Waals surface area contributed by atoms with E-state index in [1.807, 2.05) is 10.2 Å². The molecule has 0 radical (unpaired) electrons. The van der Waals surface area contributed by atoms with Crippen LogP contribution >= 0.6 is 21.0 Å². The first kappa shape index (κ1) is 5.28. The fourth-order valence-electron chi connectivity index (χ4n) is 0.589. The molecule has 4 heteroatoms. The van der Waals surface area contributed by atoms with Crippen molar-refractivity contribution < 1.29 is 4.52 Å². The van der Waals surface area contributed by atoms with E-state index in [1.165, 1.54) is 0 Å². The van der Waals surface area contributed by atoms with Crippen LogP contribution < -0.4 is 0 Å². The Kier molecular flexibility index (Phi) is 1.18.